The molecule has 0 saturated carbocycles. The van der Waals surface area contributed by atoms with Gasteiger partial charge in [-0.15, -0.1) is 0 Å². The van der Waals surface area contributed by atoms with Crippen LogP contribution in [0.15, 0.2) is 24.0 Å². The maximum atomic E-state index is 3.14. The molecule has 0 aliphatic carbocycles. The average molecular weight is 109 g/mol. The van der Waals surface area contributed by atoms with Gasteiger partial charge in [0.25, 0.3) is 0 Å². The van der Waals surface area contributed by atoms with Crippen molar-refractivity contribution in [2.24, 2.45) is 5.92 Å². The van der Waals surface area contributed by atoms with E-state index >= 15 is 0 Å². The highest BCUT2D eigenvalue weighted by Crippen LogP contribution is 2.13. The monoisotopic (exact) mass is 109 g/mol. The Labute approximate surface area is 50.1 Å². The summed E-state index contributed by atoms with van der Waals surface area (Å²) in [6.45, 7) is 4.22. The molecular weight excluding hydrogens is 98.1 g/mol. The molecule has 0 aromatic heterocycles. The number of nitrogens with one attached hydrogen (secondary N) is 1. The molecule has 1 N–H and O–H groups in total. The third-order valence-corrected chi connectivity index (χ3v) is 1.44. The van der Waals surface area contributed by atoms with Crippen LogP contribution in [0.5, 0.6) is 0 Å². The molecule has 8 heavy (non-hydrogen) atoms. The molecule has 0 radical (unpaired) electrons. The largest absolute Gasteiger partial charge is 0.365 e. The molecule has 1 unspecified atom stereocenters. The lowest BCUT2D eigenvalue weighted by molar-refractivity contribution is 0.841. The zero-order valence-corrected chi connectivity index (χ0v) is 5.31. The van der Waals surface area contributed by atoms with Crippen molar-refractivity contribution >= 4 is 0 Å². The molecule has 0 fully saturated rings. The van der Waals surface area contributed by atoms with Gasteiger partial charge in [0.05, 0.1) is 0 Å². The maximum Gasteiger partial charge on any atom is 0.0170 e. The highest BCUT2D eigenvalue weighted by Gasteiger charge is 2.06. The first-order chi connectivity index (χ1) is 3.84. The first kappa shape index (κ1) is 5.42. The van der Waals surface area contributed by atoms with Crippen LogP contribution >= 0.6 is 0 Å². The maximum absolute atomic E-state index is 3.14. The molecule has 1 aliphatic rings. The molecule has 1 rings (SSSR count). The van der Waals surface area contributed by atoms with Gasteiger partial charge in [-0.05, 0) is 13.1 Å². The van der Waals surface area contributed by atoms with E-state index in [-0.39, 0.29) is 0 Å². The predicted octanol–water partition coefficient (Wildman–Crippen LogP) is 1.64. The van der Waals surface area contributed by atoms with Crippen molar-refractivity contribution in [2.75, 3.05) is 0 Å². The van der Waals surface area contributed by atoms with Crippen LogP contribution in [-0.2, 0) is 0 Å². The van der Waals surface area contributed by atoms with Gasteiger partial charge in [-0.1, -0.05) is 19.1 Å². The average Bonchev–Trinajstić information content (AvgIpc) is 2.14. The zero-order chi connectivity index (χ0) is 5.98. The summed E-state index contributed by atoms with van der Waals surface area (Å²) in [5.74, 6) is 0.597. The van der Waals surface area contributed by atoms with E-state index in [1.165, 1.54) is 5.70 Å². The highest BCUT2D eigenvalue weighted by molar-refractivity contribution is 5.17. The van der Waals surface area contributed by atoms with Crippen LogP contribution in [0, 0.1) is 5.92 Å². The van der Waals surface area contributed by atoms with Crippen molar-refractivity contribution < 1.29 is 0 Å². The molecule has 0 spiro atoms. The molecule has 44 valence electrons. The number of hydrogen-bond donors (Lipinski definition) is 1. The van der Waals surface area contributed by atoms with Crippen LogP contribution in [0.3, 0.4) is 0 Å². The quantitative estimate of drug-likeness (QED) is 0.498. The Kier molecular flexibility index (Phi) is 1.38. The van der Waals surface area contributed by atoms with Crippen molar-refractivity contribution in [3.05, 3.63) is 24.0 Å². The Balaban J connectivity index is 2.64. The number of allylic oxidation sites excluding steroid dienone is 2. The minimum Gasteiger partial charge on any atom is -0.365 e. The predicted molar refractivity (Wildman–Crippen MR) is 35.2 cm³/mol. The molecular formula is C7H11N. The van der Waals surface area contributed by atoms with E-state index in [1.54, 1.807) is 0 Å². The molecule has 0 bridgehead atoms. The molecule has 1 heterocycles. The first-order valence-corrected chi connectivity index (χ1v) is 2.94. The molecule has 1 heteroatoms. The molecule has 1 nitrogen and oxygen atoms in total. The van der Waals surface area contributed by atoms with Crippen LogP contribution in [0.1, 0.15) is 13.8 Å². The van der Waals surface area contributed by atoms with Gasteiger partial charge in [-0.3, -0.25) is 0 Å². The van der Waals surface area contributed by atoms with E-state index in [0.29, 0.717) is 5.92 Å². The minimum absolute atomic E-state index is 0.597. The summed E-state index contributed by atoms with van der Waals surface area (Å²) < 4.78 is 0. The van der Waals surface area contributed by atoms with Gasteiger partial charge >= 0.3 is 0 Å². The second-order valence-electron chi connectivity index (χ2n) is 2.04. The second-order valence-corrected chi connectivity index (χ2v) is 2.04. The lowest BCUT2D eigenvalue weighted by Gasteiger charge is -2.01. The van der Waals surface area contributed by atoms with Crippen LogP contribution < -0.4 is 5.32 Å². The third-order valence-electron chi connectivity index (χ3n) is 1.44. The fourth-order valence-corrected chi connectivity index (χ4v) is 0.870. The van der Waals surface area contributed by atoms with Crippen molar-refractivity contribution in [2.45, 2.75) is 13.8 Å². The van der Waals surface area contributed by atoms with Gasteiger partial charge in [0, 0.05) is 11.6 Å². The van der Waals surface area contributed by atoms with Crippen LogP contribution in [0.2, 0.25) is 0 Å². The normalized spacial score (nSPS) is 31.2. The molecule has 1 atom stereocenters. The molecule has 0 saturated heterocycles. The summed E-state index contributed by atoms with van der Waals surface area (Å²) >= 11 is 0. The van der Waals surface area contributed by atoms with Crippen LogP contribution in [0.25, 0.3) is 0 Å². The fraction of sp³-hybridized carbons (Fsp3) is 0.429. The first-order valence-electron chi connectivity index (χ1n) is 2.94. The summed E-state index contributed by atoms with van der Waals surface area (Å²) in [4.78, 5) is 0. The van der Waals surface area contributed by atoms with Crippen LogP contribution in [0.4, 0.5) is 0 Å². The Morgan fingerprint density at radius 2 is 2.50 bits per heavy atom. The molecule has 0 aromatic carbocycles. The second kappa shape index (κ2) is 2.03. The van der Waals surface area contributed by atoms with E-state index in [0.717, 1.165) is 0 Å². The SMILES string of the molecule is C/C=C1/NC=CC1C. The fourth-order valence-electron chi connectivity index (χ4n) is 0.870. The summed E-state index contributed by atoms with van der Waals surface area (Å²) in [6, 6.07) is 0. The van der Waals surface area contributed by atoms with Gasteiger partial charge < -0.3 is 5.32 Å². The molecule has 1 aliphatic heterocycles. The van der Waals surface area contributed by atoms with E-state index < -0.39 is 0 Å². The molecule has 0 aromatic rings. The van der Waals surface area contributed by atoms with E-state index in [4.69, 9.17) is 0 Å². The minimum atomic E-state index is 0.597. The van der Waals surface area contributed by atoms with Crippen molar-refractivity contribution in [1.82, 2.24) is 5.32 Å². The van der Waals surface area contributed by atoms with Gasteiger partial charge in [-0.2, -0.15) is 0 Å². The summed E-state index contributed by atoms with van der Waals surface area (Å²) in [5, 5.41) is 3.14. The highest BCUT2D eigenvalue weighted by atomic mass is 14.9. The number of hydrogen-bond acceptors (Lipinski definition) is 1. The Morgan fingerprint density at radius 1 is 1.75 bits per heavy atom. The van der Waals surface area contributed by atoms with Gasteiger partial charge in [-0.25, -0.2) is 0 Å². The summed E-state index contributed by atoms with van der Waals surface area (Å²) in [5.41, 5.74) is 1.31. The van der Waals surface area contributed by atoms with Gasteiger partial charge in [0.15, 0.2) is 0 Å². The van der Waals surface area contributed by atoms with Crippen molar-refractivity contribution in [1.29, 1.82) is 0 Å². The Hall–Kier alpha value is -0.720. The Morgan fingerprint density at radius 3 is 2.75 bits per heavy atom. The smallest absolute Gasteiger partial charge is 0.0170 e. The Bertz CT molecular complexity index is 133. The van der Waals surface area contributed by atoms with Crippen LogP contribution in [-0.4, -0.2) is 0 Å². The lowest BCUT2D eigenvalue weighted by Crippen LogP contribution is -2.02. The summed E-state index contributed by atoms with van der Waals surface area (Å²) in [6.07, 6.45) is 6.24. The topological polar surface area (TPSA) is 12.0 Å². The van der Waals surface area contributed by atoms with E-state index in [1.807, 2.05) is 13.1 Å². The van der Waals surface area contributed by atoms with E-state index in [9.17, 15) is 0 Å². The lowest BCUT2D eigenvalue weighted by atomic mass is 10.1. The standard InChI is InChI=1S/C7H11N/c1-3-7-6(2)4-5-8-7/h3-6,8H,1-2H3/b7-3+. The molecule has 0 amide bonds. The van der Waals surface area contributed by atoms with Gasteiger partial charge in [0.1, 0.15) is 0 Å². The summed E-state index contributed by atoms with van der Waals surface area (Å²) in [7, 11) is 0. The number of rotatable bonds is 0. The van der Waals surface area contributed by atoms with Crippen molar-refractivity contribution in [3.63, 3.8) is 0 Å². The van der Waals surface area contributed by atoms with E-state index in [2.05, 4.69) is 24.4 Å². The third kappa shape index (κ3) is 0.760. The van der Waals surface area contributed by atoms with Gasteiger partial charge in [0.2, 0.25) is 0 Å². The van der Waals surface area contributed by atoms with Crippen molar-refractivity contribution in [3.8, 4) is 0 Å². The zero-order valence-electron chi connectivity index (χ0n) is 5.31.